The fourth-order valence-electron chi connectivity index (χ4n) is 1.79. The van der Waals surface area contributed by atoms with E-state index in [1.165, 1.54) is 14.2 Å². The van der Waals surface area contributed by atoms with E-state index in [0.29, 0.717) is 17.1 Å². The van der Waals surface area contributed by atoms with Crippen molar-refractivity contribution < 1.29 is 18.7 Å². The Labute approximate surface area is 105 Å². The summed E-state index contributed by atoms with van der Waals surface area (Å²) in [6, 6.07) is 7.03. The summed E-state index contributed by atoms with van der Waals surface area (Å²) < 4.78 is 15.4. The first kappa shape index (κ1) is 12.2. The Morgan fingerprint density at radius 2 is 1.83 bits per heavy atom. The number of rotatable bonds is 5. The number of ether oxygens (including phenoxy) is 2. The molecular formula is C14H14O4. The molecule has 0 spiro atoms. The van der Waals surface area contributed by atoms with Crippen LogP contribution in [0.1, 0.15) is 15.9 Å². The van der Waals surface area contributed by atoms with E-state index in [4.69, 9.17) is 13.9 Å². The summed E-state index contributed by atoms with van der Waals surface area (Å²) in [4.78, 5) is 12.3. The van der Waals surface area contributed by atoms with Gasteiger partial charge >= 0.3 is 0 Å². The van der Waals surface area contributed by atoms with Crippen molar-refractivity contribution in [2.24, 2.45) is 0 Å². The van der Waals surface area contributed by atoms with Gasteiger partial charge in [-0.15, -0.1) is 0 Å². The fourth-order valence-corrected chi connectivity index (χ4v) is 1.79. The van der Waals surface area contributed by atoms with Crippen LogP contribution in [0.3, 0.4) is 0 Å². The molecule has 94 valence electrons. The monoisotopic (exact) mass is 246 g/mol. The van der Waals surface area contributed by atoms with Gasteiger partial charge in [0.15, 0.2) is 5.78 Å². The number of furan rings is 1. The molecule has 0 aliphatic rings. The van der Waals surface area contributed by atoms with Gasteiger partial charge in [-0.05, 0) is 23.8 Å². The van der Waals surface area contributed by atoms with Crippen molar-refractivity contribution >= 4 is 5.78 Å². The lowest BCUT2D eigenvalue weighted by molar-refractivity contribution is 0.0986. The molecule has 2 aromatic rings. The molecule has 0 bridgehead atoms. The lowest BCUT2D eigenvalue weighted by Gasteiger charge is -2.11. The van der Waals surface area contributed by atoms with Crippen LogP contribution in [0.2, 0.25) is 0 Å². The van der Waals surface area contributed by atoms with E-state index in [2.05, 4.69) is 0 Å². The number of benzene rings is 1. The summed E-state index contributed by atoms with van der Waals surface area (Å²) in [6.45, 7) is 0. The predicted octanol–water partition coefficient (Wildman–Crippen LogP) is 2.72. The second-order valence-corrected chi connectivity index (χ2v) is 3.77. The van der Waals surface area contributed by atoms with Crippen LogP contribution in [0.25, 0.3) is 0 Å². The standard InChI is InChI=1S/C14H14O4/c1-16-12-4-3-5-13(17-2)14(12)11(15)8-10-6-7-18-9-10/h3-7,9H,8H2,1-2H3. The molecule has 0 saturated carbocycles. The number of carbonyl (C=O) groups is 1. The SMILES string of the molecule is COc1cccc(OC)c1C(=O)Cc1ccoc1. The molecule has 0 atom stereocenters. The molecule has 1 aromatic heterocycles. The van der Waals surface area contributed by atoms with Crippen LogP contribution in [-0.2, 0) is 6.42 Å². The van der Waals surface area contributed by atoms with Gasteiger partial charge in [0.1, 0.15) is 17.1 Å². The van der Waals surface area contributed by atoms with E-state index >= 15 is 0 Å². The minimum atomic E-state index is -0.0642. The summed E-state index contributed by atoms with van der Waals surface area (Å²) >= 11 is 0. The van der Waals surface area contributed by atoms with Gasteiger partial charge in [0.25, 0.3) is 0 Å². The molecule has 0 aliphatic heterocycles. The smallest absolute Gasteiger partial charge is 0.174 e. The second-order valence-electron chi connectivity index (χ2n) is 3.77. The van der Waals surface area contributed by atoms with Crippen LogP contribution in [0.15, 0.2) is 41.2 Å². The van der Waals surface area contributed by atoms with E-state index in [9.17, 15) is 4.79 Å². The zero-order valence-electron chi connectivity index (χ0n) is 10.3. The zero-order chi connectivity index (χ0) is 13.0. The van der Waals surface area contributed by atoms with Crippen molar-refractivity contribution in [3.05, 3.63) is 47.9 Å². The van der Waals surface area contributed by atoms with Gasteiger partial charge in [-0.1, -0.05) is 6.07 Å². The van der Waals surface area contributed by atoms with Crippen LogP contribution < -0.4 is 9.47 Å². The molecule has 0 fully saturated rings. The number of carbonyl (C=O) groups excluding carboxylic acids is 1. The highest BCUT2D eigenvalue weighted by atomic mass is 16.5. The van der Waals surface area contributed by atoms with Crippen molar-refractivity contribution in [2.75, 3.05) is 14.2 Å². The normalized spacial score (nSPS) is 10.1. The lowest BCUT2D eigenvalue weighted by Crippen LogP contribution is -2.07. The maximum absolute atomic E-state index is 12.3. The van der Waals surface area contributed by atoms with Gasteiger partial charge in [-0.3, -0.25) is 4.79 Å². The Balaban J connectivity index is 2.33. The fraction of sp³-hybridized carbons (Fsp3) is 0.214. The van der Waals surface area contributed by atoms with Crippen molar-refractivity contribution in [3.63, 3.8) is 0 Å². The maximum Gasteiger partial charge on any atom is 0.174 e. The summed E-state index contributed by atoms with van der Waals surface area (Å²) in [5, 5.41) is 0. The van der Waals surface area contributed by atoms with Gasteiger partial charge in [-0.25, -0.2) is 0 Å². The van der Waals surface area contributed by atoms with Crippen LogP contribution in [0.4, 0.5) is 0 Å². The molecule has 0 radical (unpaired) electrons. The minimum Gasteiger partial charge on any atom is -0.496 e. The van der Waals surface area contributed by atoms with Crippen LogP contribution in [0, 0.1) is 0 Å². The number of methoxy groups -OCH3 is 2. The molecule has 2 rings (SSSR count). The van der Waals surface area contributed by atoms with Crippen LogP contribution >= 0.6 is 0 Å². The molecule has 0 saturated heterocycles. The van der Waals surface area contributed by atoms with Gasteiger partial charge in [-0.2, -0.15) is 0 Å². The lowest BCUT2D eigenvalue weighted by atomic mass is 10.0. The molecule has 4 heteroatoms. The number of Topliss-reactive ketones (excluding diaryl/α,β-unsaturated/α-hetero) is 1. The molecule has 1 heterocycles. The Bertz CT molecular complexity index is 506. The second kappa shape index (κ2) is 5.40. The van der Waals surface area contributed by atoms with Crippen molar-refractivity contribution in [2.45, 2.75) is 6.42 Å². The Hall–Kier alpha value is -2.23. The predicted molar refractivity (Wildman–Crippen MR) is 66.3 cm³/mol. The molecule has 0 amide bonds. The van der Waals surface area contributed by atoms with Crippen LogP contribution in [-0.4, -0.2) is 20.0 Å². The molecule has 1 aromatic carbocycles. The summed E-state index contributed by atoms with van der Waals surface area (Å²) in [5.41, 5.74) is 1.29. The third-order valence-corrected chi connectivity index (χ3v) is 2.65. The van der Waals surface area contributed by atoms with E-state index < -0.39 is 0 Å². The maximum atomic E-state index is 12.3. The Kier molecular flexibility index (Phi) is 3.67. The van der Waals surface area contributed by atoms with Gasteiger partial charge in [0.05, 0.1) is 26.7 Å². The minimum absolute atomic E-state index is 0.0642. The summed E-state index contributed by atoms with van der Waals surface area (Å²) in [6.07, 6.45) is 3.36. The molecule has 4 nitrogen and oxygen atoms in total. The third kappa shape index (κ3) is 2.37. The van der Waals surface area contributed by atoms with Crippen molar-refractivity contribution in [1.29, 1.82) is 0 Å². The van der Waals surface area contributed by atoms with E-state index in [-0.39, 0.29) is 12.2 Å². The zero-order valence-corrected chi connectivity index (χ0v) is 10.3. The third-order valence-electron chi connectivity index (χ3n) is 2.65. The number of hydrogen-bond donors (Lipinski definition) is 0. The average Bonchev–Trinajstić information content (AvgIpc) is 2.90. The van der Waals surface area contributed by atoms with E-state index in [0.717, 1.165) is 5.56 Å². The first-order chi connectivity index (χ1) is 8.76. The Morgan fingerprint density at radius 1 is 1.17 bits per heavy atom. The molecule has 18 heavy (non-hydrogen) atoms. The van der Waals surface area contributed by atoms with Gasteiger partial charge < -0.3 is 13.9 Å². The average molecular weight is 246 g/mol. The highest BCUT2D eigenvalue weighted by Crippen LogP contribution is 2.29. The molecule has 0 unspecified atom stereocenters. The topological polar surface area (TPSA) is 48.7 Å². The highest BCUT2D eigenvalue weighted by molar-refractivity contribution is 6.02. The first-order valence-corrected chi connectivity index (χ1v) is 5.51. The van der Waals surface area contributed by atoms with Crippen molar-refractivity contribution in [1.82, 2.24) is 0 Å². The summed E-state index contributed by atoms with van der Waals surface area (Å²) in [7, 11) is 3.06. The first-order valence-electron chi connectivity index (χ1n) is 5.51. The van der Waals surface area contributed by atoms with Gasteiger partial charge in [0.2, 0.25) is 0 Å². The quantitative estimate of drug-likeness (QED) is 0.761. The summed E-state index contributed by atoms with van der Waals surface area (Å²) in [5.74, 6) is 0.969. The van der Waals surface area contributed by atoms with E-state index in [1.807, 2.05) is 0 Å². The van der Waals surface area contributed by atoms with Crippen molar-refractivity contribution in [3.8, 4) is 11.5 Å². The van der Waals surface area contributed by atoms with Crippen LogP contribution in [0.5, 0.6) is 11.5 Å². The largest absolute Gasteiger partial charge is 0.496 e. The highest BCUT2D eigenvalue weighted by Gasteiger charge is 2.18. The molecular weight excluding hydrogens is 232 g/mol. The molecule has 0 aliphatic carbocycles. The van der Waals surface area contributed by atoms with E-state index in [1.54, 1.807) is 36.8 Å². The number of ketones is 1. The molecule has 0 N–H and O–H groups in total. The Morgan fingerprint density at radius 3 is 2.33 bits per heavy atom. The van der Waals surface area contributed by atoms with Gasteiger partial charge in [0, 0.05) is 6.42 Å². The number of hydrogen-bond acceptors (Lipinski definition) is 4.